The third-order valence-electron chi connectivity index (χ3n) is 3.15. The number of thiazole rings is 1. The molecule has 0 unspecified atom stereocenters. The third kappa shape index (κ3) is 2.26. The van der Waals surface area contributed by atoms with Crippen LogP contribution in [0.2, 0.25) is 0 Å². The summed E-state index contributed by atoms with van der Waals surface area (Å²) in [4.78, 5) is 17.3. The van der Waals surface area contributed by atoms with E-state index < -0.39 is 5.91 Å². The highest BCUT2D eigenvalue weighted by atomic mass is 32.1. The Labute approximate surface area is 114 Å². The van der Waals surface area contributed by atoms with Crippen LogP contribution in [0.1, 0.15) is 27.3 Å². The Hall–Kier alpha value is -2.08. The Balaban J connectivity index is 1.92. The molecule has 98 valence electrons. The van der Waals surface area contributed by atoms with Crippen LogP contribution in [0.4, 0.5) is 16.5 Å². The number of anilines is 3. The molecule has 2 aromatic rings. The van der Waals surface area contributed by atoms with E-state index in [4.69, 9.17) is 11.5 Å². The summed E-state index contributed by atoms with van der Waals surface area (Å²) in [5.41, 5.74) is 13.7. The first-order valence-electron chi connectivity index (χ1n) is 6.08. The van der Waals surface area contributed by atoms with Crippen molar-refractivity contribution >= 4 is 33.8 Å². The van der Waals surface area contributed by atoms with Crippen molar-refractivity contribution < 1.29 is 4.79 Å². The second-order valence-corrected chi connectivity index (χ2v) is 5.62. The van der Waals surface area contributed by atoms with Crippen molar-refractivity contribution in [1.29, 1.82) is 0 Å². The molecule has 5 N–H and O–H groups in total. The Morgan fingerprint density at radius 2 is 2.21 bits per heavy atom. The number of amides is 1. The molecular weight excluding hydrogens is 260 g/mol. The van der Waals surface area contributed by atoms with E-state index in [-0.39, 0.29) is 0 Å². The summed E-state index contributed by atoms with van der Waals surface area (Å²) < 4.78 is 0. The fourth-order valence-electron chi connectivity index (χ4n) is 2.23. The van der Waals surface area contributed by atoms with E-state index in [0.29, 0.717) is 16.9 Å². The number of fused-ring (bicyclic) bond motifs is 1. The lowest BCUT2D eigenvalue weighted by molar-refractivity contribution is 0.100. The quantitative estimate of drug-likeness (QED) is 0.747. The SMILES string of the molecule is NC(=O)c1cc(N)ccc1Nc1nc2c(s1)CCC2. The maximum atomic E-state index is 11.4. The van der Waals surface area contributed by atoms with Crippen molar-refractivity contribution in [2.45, 2.75) is 19.3 Å². The summed E-state index contributed by atoms with van der Waals surface area (Å²) in [5.74, 6) is -0.501. The fourth-order valence-corrected chi connectivity index (χ4v) is 3.30. The zero-order valence-corrected chi connectivity index (χ0v) is 11.1. The molecule has 5 nitrogen and oxygen atoms in total. The van der Waals surface area contributed by atoms with Gasteiger partial charge in [-0.15, -0.1) is 11.3 Å². The third-order valence-corrected chi connectivity index (χ3v) is 4.22. The number of nitrogens with zero attached hydrogens (tertiary/aromatic N) is 1. The molecule has 1 aliphatic rings. The minimum Gasteiger partial charge on any atom is -0.399 e. The van der Waals surface area contributed by atoms with Gasteiger partial charge in [0.15, 0.2) is 5.13 Å². The fraction of sp³-hybridized carbons (Fsp3) is 0.231. The van der Waals surface area contributed by atoms with Crippen molar-refractivity contribution in [2.24, 2.45) is 5.73 Å². The van der Waals surface area contributed by atoms with Gasteiger partial charge in [-0.1, -0.05) is 0 Å². The van der Waals surface area contributed by atoms with Crippen LogP contribution in [-0.2, 0) is 12.8 Å². The molecule has 0 saturated heterocycles. The number of nitrogens with two attached hydrogens (primary N) is 2. The molecule has 0 bridgehead atoms. The van der Waals surface area contributed by atoms with Crippen LogP contribution in [0.3, 0.4) is 0 Å². The van der Waals surface area contributed by atoms with Gasteiger partial charge >= 0.3 is 0 Å². The lowest BCUT2D eigenvalue weighted by Crippen LogP contribution is -2.13. The summed E-state index contributed by atoms with van der Waals surface area (Å²) >= 11 is 1.64. The number of nitrogen functional groups attached to an aromatic ring is 1. The normalized spacial score (nSPS) is 13.3. The molecule has 0 spiro atoms. The number of nitrogens with one attached hydrogen (secondary N) is 1. The summed E-state index contributed by atoms with van der Waals surface area (Å²) in [5, 5.41) is 3.96. The number of aryl methyl sites for hydroxylation is 2. The average molecular weight is 274 g/mol. The highest BCUT2D eigenvalue weighted by Gasteiger charge is 2.17. The Kier molecular flexibility index (Phi) is 2.87. The van der Waals surface area contributed by atoms with E-state index in [9.17, 15) is 4.79 Å². The molecule has 1 aromatic heterocycles. The number of rotatable bonds is 3. The number of primary amides is 1. The predicted octanol–water partition coefficient (Wildman–Crippen LogP) is 2.06. The minimum atomic E-state index is -0.501. The average Bonchev–Trinajstić information content (AvgIpc) is 2.91. The minimum absolute atomic E-state index is 0.385. The predicted molar refractivity (Wildman–Crippen MR) is 76.8 cm³/mol. The summed E-state index contributed by atoms with van der Waals surface area (Å²) in [6.07, 6.45) is 3.32. The van der Waals surface area contributed by atoms with E-state index >= 15 is 0 Å². The molecule has 0 fully saturated rings. The van der Waals surface area contributed by atoms with Crippen molar-refractivity contribution in [1.82, 2.24) is 4.98 Å². The molecule has 19 heavy (non-hydrogen) atoms. The number of hydrogen-bond donors (Lipinski definition) is 3. The highest BCUT2D eigenvalue weighted by Crippen LogP contribution is 2.33. The van der Waals surface area contributed by atoms with E-state index in [1.165, 1.54) is 17.0 Å². The zero-order valence-electron chi connectivity index (χ0n) is 10.3. The standard InChI is InChI=1S/C13H14N4OS/c14-7-4-5-9(8(6-7)12(15)18)16-13-17-10-2-1-3-11(10)19-13/h4-6H,1-3,14H2,(H2,15,18)(H,16,17). The molecule has 1 aliphatic carbocycles. The number of aromatic nitrogens is 1. The maximum Gasteiger partial charge on any atom is 0.250 e. The molecule has 0 atom stereocenters. The topological polar surface area (TPSA) is 94.0 Å². The number of carbonyl (C=O) groups excluding carboxylic acids is 1. The van der Waals surface area contributed by atoms with Crippen molar-refractivity contribution in [3.05, 3.63) is 34.3 Å². The van der Waals surface area contributed by atoms with Gasteiger partial charge in [0, 0.05) is 10.6 Å². The summed E-state index contributed by atoms with van der Waals surface area (Å²) in [6.45, 7) is 0. The lowest BCUT2D eigenvalue weighted by Gasteiger charge is -2.08. The van der Waals surface area contributed by atoms with Gasteiger partial charge in [0.25, 0.3) is 5.91 Å². The molecule has 1 amide bonds. The molecule has 3 rings (SSSR count). The smallest absolute Gasteiger partial charge is 0.250 e. The zero-order chi connectivity index (χ0) is 13.4. The Morgan fingerprint density at radius 1 is 1.37 bits per heavy atom. The van der Waals surface area contributed by atoms with Gasteiger partial charge in [0.05, 0.1) is 16.9 Å². The Morgan fingerprint density at radius 3 is 2.95 bits per heavy atom. The van der Waals surface area contributed by atoms with Gasteiger partial charge in [0.2, 0.25) is 0 Å². The van der Waals surface area contributed by atoms with Gasteiger partial charge in [-0.05, 0) is 37.5 Å². The first-order chi connectivity index (χ1) is 9.13. The number of hydrogen-bond acceptors (Lipinski definition) is 5. The summed E-state index contributed by atoms with van der Waals surface area (Å²) in [6, 6.07) is 5.06. The van der Waals surface area contributed by atoms with Crippen molar-refractivity contribution in [3.63, 3.8) is 0 Å². The van der Waals surface area contributed by atoms with E-state index in [1.807, 2.05) is 0 Å². The monoisotopic (exact) mass is 274 g/mol. The summed E-state index contributed by atoms with van der Waals surface area (Å²) in [7, 11) is 0. The van der Waals surface area contributed by atoms with Crippen LogP contribution < -0.4 is 16.8 Å². The van der Waals surface area contributed by atoms with E-state index in [0.717, 1.165) is 18.0 Å². The molecule has 0 radical (unpaired) electrons. The van der Waals surface area contributed by atoms with Crippen LogP contribution in [0.25, 0.3) is 0 Å². The maximum absolute atomic E-state index is 11.4. The van der Waals surface area contributed by atoms with E-state index in [1.54, 1.807) is 29.5 Å². The second kappa shape index (κ2) is 4.55. The van der Waals surface area contributed by atoms with Gasteiger partial charge in [0.1, 0.15) is 0 Å². The lowest BCUT2D eigenvalue weighted by atomic mass is 10.1. The Bertz CT molecular complexity index is 629. The van der Waals surface area contributed by atoms with Crippen LogP contribution in [0, 0.1) is 0 Å². The first kappa shape index (κ1) is 12.0. The van der Waals surface area contributed by atoms with Gasteiger partial charge in [-0.25, -0.2) is 4.98 Å². The van der Waals surface area contributed by atoms with Crippen LogP contribution >= 0.6 is 11.3 Å². The molecule has 1 heterocycles. The first-order valence-corrected chi connectivity index (χ1v) is 6.90. The van der Waals surface area contributed by atoms with Crippen LogP contribution in [0.15, 0.2) is 18.2 Å². The van der Waals surface area contributed by atoms with Crippen LogP contribution in [0.5, 0.6) is 0 Å². The molecular formula is C13H14N4OS. The highest BCUT2D eigenvalue weighted by molar-refractivity contribution is 7.15. The molecule has 0 aliphatic heterocycles. The van der Waals surface area contributed by atoms with Gasteiger partial charge in [-0.2, -0.15) is 0 Å². The molecule has 6 heteroatoms. The van der Waals surface area contributed by atoms with Gasteiger partial charge in [-0.3, -0.25) is 4.79 Å². The van der Waals surface area contributed by atoms with E-state index in [2.05, 4.69) is 10.3 Å². The number of carbonyl (C=O) groups is 1. The largest absolute Gasteiger partial charge is 0.399 e. The van der Waals surface area contributed by atoms with Crippen molar-refractivity contribution in [3.8, 4) is 0 Å². The second-order valence-electron chi connectivity index (χ2n) is 4.54. The molecule has 0 saturated carbocycles. The van der Waals surface area contributed by atoms with Crippen LogP contribution in [-0.4, -0.2) is 10.9 Å². The van der Waals surface area contributed by atoms with Crippen molar-refractivity contribution in [2.75, 3.05) is 11.1 Å². The number of benzene rings is 1. The van der Waals surface area contributed by atoms with Gasteiger partial charge < -0.3 is 16.8 Å². The molecule has 1 aromatic carbocycles.